The van der Waals surface area contributed by atoms with E-state index in [0.29, 0.717) is 0 Å². The van der Waals surface area contributed by atoms with Crippen molar-refractivity contribution >= 4 is 0 Å². The fraction of sp³-hybridized carbons (Fsp3) is 1.00. The molecule has 2 rings (SSSR count). The van der Waals surface area contributed by atoms with Gasteiger partial charge in [0.1, 0.15) is 0 Å². The lowest BCUT2D eigenvalue weighted by Crippen LogP contribution is -2.45. The minimum atomic E-state index is -0.0942. The van der Waals surface area contributed by atoms with Crippen LogP contribution in [0.3, 0.4) is 0 Å². The molecule has 1 N–H and O–H groups in total. The van der Waals surface area contributed by atoms with Crippen LogP contribution in [0.25, 0.3) is 0 Å². The Labute approximate surface area is 93.7 Å². The SMILES string of the molecule is CC1(C)CC(O)CN1C1CCCCCC1. The smallest absolute Gasteiger partial charge is 0.0684 e. The molecule has 2 fully saturated rings. The van der Waals surface area contributed by atoms with Crippen LogP contribution in [-0.2, 0) is 0 Å². The van der Waals surface area contributed by atoms with Crippen LogP contribution in [0.1, 0.15) is 58.8 Å². The molecular weight excluding hydrogens is 186 g/mol. The summed E-state index contributed by atoms with van der Waals surface area (Å²) in [5.74, 6) is 0. The van der Waals surface area contributed by atoms with E-state index in [1.807, 2.05) is 0 Å². The van der Waals surface area contributed by atoms with Crippen molar-refractivity contribution in [2.24, 2.45) is 0 Å². The molecule has 0 spiro atoms. The molecule has 1 unspecified atom stereocenters. The van der Waals surface area contributed by atoms with Gasteiger partial charge in [0.2, 0.25) is 0 Å². The van der Waals surface area contributed by atoms with Gasteiger partial charge in [-0.15, -0.1) is 0 Å². The molecule has 1 saturated heterocycles. The fourth-order valence-corrected chi connectivity index (χ4v) is 3.45. The molecule has 0 radical (unpaired) electrons. The zero-order valence-corrected chi connectivity index (χ0v) is 10.2. The lowest BCUT2D eigenvalue weighted by atomic mass is 9.97. The van der Waals surface area contributed by atoms with Gasteiger partial charge >= 0.3 is 0 Å². The number of aliphatic hydroxyl groups excluding tert-OH is 1. The van der Waals surface area contributed by atoms with Crippen LogP contribution >= 0.6 is 0 Å². The first-order valence-corrected chi connectivity index (χ1v) is 6.54. The van der Waals surface area contributed by atoms with Crippen molar-refractivity contribution in [3.63, 3.8) is 0 Å². The first-order valence-electron chi connectivity index (χ1n) is 6.54. The van der Waals surface area contributed by atoms with Gasteiger partial charge in [-0.25, -0.2) is 0 Å². The number of nitrogens with zero attached hydrogens (tertiary/aromatic N) is 1. The van der Waals surface area contributed by atoms with Crippen LogP contribution in [0.4, 0.5) is 0 Å². The van der Waals surface area contributed by atoms with Gasteiger partial charge in [0.15, 0.2) is 0 Å². The van der Waals surface area contributed by atoms with E-state index in [1.54, 1.807) is 0 Å². The summed E-state index contributed by atoms with van der Waals surface area (Å²) in [5, 5.41) is 9.79. The van der Waals surface area contributed by atoms with Gasteiger partial charge in [-0.05, 0) is 33.1 Å². The molecule has 1 atom stereocenters. The van der Waals surface area contributed by atoms with E-state index in [9.17, 15) is 5.11 Å². The summed E-state index contributed by atoms with van der Waals surface area (Å²) in [7, 11) is 0. The standard InChI is InChI=1S/C13H25NO/c1-13(2)9-12(15)10-14(13)11-7-5-3-4-6-8-11/h11-12,15H,3-10H2,1-2H3. The van der Waals surface area contributed by atoms with Crippen molar-refractivity contribution in [3.05, 3.63) is 0 Å². The summed E-state index contributed by atoms with van der Waals surface area (Å²) in [6.45, 7) is 5.47. The third-order valence-electron chi connectivity index (χ3n) is 4.19. The maximum Gasteiger partial charge on any atom is 0.0684 e. The van der Waals surface area contributed by atoms with E-state index in [4.69, 9.17) is 0 Å². The minimum Gasteiger partial charge on any atom is -0.392 e. The van der Waals surface area contributed by atoms with Gasteiger partial charge in [-0.3, -0.25) is 4.90 Å². The predicted molar refractivity (Wildman–Crippen MR) is 62.9 cm³/mol. The lowest BCUT2D eigenvalue weighted by Gasteiger charge is -2.37. The van der Waals surface area contributed by atoms with Crippen LogP contribution in [0.5, 0.6) is 0 Å². The lowest BCUT2D eigenvalue weighted by molar-refractivity contribution is 0.0990. The maximum atomic E-state index is 9.79. The molecule has 0 aromatic rings. The highest BCUT2D eigenvalue weighted by atomic mass is 16.3. The molecule has 2 aliphatic rings. The van der Waals surface area contributed by atoms with E-state index >= 15 is 0 Å². The van der Waals surface area contributed by atoms with Crippen molar-refractivity contribution in [2.75, 3.05) is 6.54 Å². The topological polar surface area (TPSA) is 23.5 Å². The van der Waals surface area contributed by atoms with Gasteiger partial charge in [-0.1, -0.05) is 25.7 Å². The Hall–Kier alpha value is -0.0800. The predicted octanol–water partition coefficient (Wildman–Crippen LogP) is 2.55. The first kappa shape index (κ1) is 11.4. The highest BCUT2D eigenvalue weighted by Crippen LogP contribution is 2.34. The third-order valence-corrected chi connectivity index (χ3v) is 4.19. The summed E-state index contributed by atoms with van der Waals surface area (Å²) in [5.41, 5.74) is 0.217. The Bertz CT molecular complexity index is 207. The van der Waals surface area contributed by atoms with Gasteiger partial charge in [0, 0.05) is 18.1 Å². The van der Waals surface area contributed by atoms with Crippen molar-refractivity contribution in [1.82, 2.24) is 4.90 Å². The van der Waals surface area contributed by atoms with E-state index in [2.05, 4.69) is 18.7 Å². The molecule has 88 valence electrons. The minimum absolute atomic E-state index is 0.0942. The second-order valence-corrected chi connectivity index (χ2v) is 5.97. The van der Waals surface area contributed by atoms with Crippen molar-refractivity contribution in [1.29, 1.82) is 0 Å². The Morgan fingerprint density at radius 2 is 1.67 bits per heavy atom. The second kappa shape index (κ2) is 4.42. The Morgan fingerprint density at radius 1 is 1.07 bits per heavy atom. The van der Waals surface area contributed by atoms with Crippen LogP contribution in [0, 0.1) is 0 Å². The molecule has 0 aromatic carbocycles. The van der Waals surface area contributed by atoms with E-state index in [0.717, 1.165) is 19.0 Å². The number of β-amino-alcohol motifs (C(OH)–C–C–N with tert-alkyl or cyclic N) is 1. The van der Waals surface area contributed by atoms with Crippen molar-refractivity contribution < 1.29 is 5.11 Å². The third kappa shape index (κ3) is 2.54. The van der Waals surface area contributed by atoms with Gasteiger partial charge in [0.05, 0.1) is 6.10 Å². The summed E-state index contributed by atoms with van der Waals surface area (Å²) in [4.78, 5) is 2.57. The molecule has 1 aliphatic carbocycles. The summed E-state index contributed by atoms with van der Waals surface area (Å²) in [6, 6.07) is 0.736. The first-order chi connectivity index (χ1) is 7.09. The van der Waals surface area contributed by atoms with E-state index < -0.39 is 0 Å². The normalized spacial score (nSPS) is 34.2. The molecule has 1 heterocycles. The second-order valence-electron chi connectivity index (χ2n) is 5.97. The molecule has 0 aromatic heterocycles. The Balaban J connectivity index is 2.01. The quantitative estimate of drug-likeness (QED) is 0.674. The average molecular weight is 211 g/mol. The molecule has 2 heteroatoms. The highest BCUT2D eigenvalue weighted by Gasteiger charge is 2.40. The van der Waals surface area contributed by atoms with Gasteiger partial charge in [0.25, 0.3) is 0 Å². The molecule has 15 heavy (non-hydrogen) atoms. The van der Waals surface area contributed by atoms with Crippen LogP contribution in [0.2, 0.25) is 0 Å². The Kier molecular flexibility index (Phi) is 3.36. The van der Waals surface area contributed by atoms with Crippen LogP contribution in [0.15, 0.2) is 0 Å². The average Bonchev–Trinajstić information content (AvgIpc) is 2.41. The van der Waals surface area contributed by atoms with Crippen LogP contribution < -0.4 is 0 Å². The number of likely N-dealkylation sites (tertiary alicyclic amines) is 1. The summed E-state index contributed by atoms with van der Waals surface area (Å²) in [6.07, 6.45) is 9.13. The molecule has 1 aliphatic heterocycles. The number of rotatable bonds is 1. The largest absolute Gasteiger partial charge is 0.392 e. The van der Waals surface area contributed by atoms with Crippen molar-refractivity contribution in [3.8, 4) is 0 Å². The zero-order valence-electron chi connectivity index (χ0n) is 10.2. The molecule has 1 saturated carbocycles. The summed E-state index contributed by atoms with van der Waals surface area (Å²) < 4.78 is 0. The highest BCUT2D eigenvalue weighted by molar-refractivity contribution is 4.96. The fourth-order valence-electron chi connectivity index (χ4n) is 3.45. The number of hydrogen-bond donors (Lipinski definition) is 1. The molecular formula is C13H25NO. The zero-order chi connectivity index (χ0) is 10.9. The number of hydrogen-bond acceptors (Lipinski definition) is 2. The van der Waals surface area contributed by atoms with Gasteiger partial charge < -0.3 is 5.11 Å². The van der Waals surface area contributed by atoms with E-state index in [-0.39, 0.29) is 11.6 Å². The molecule has 2 nitrogen and oxygen atoms in total. The molecule has 0 amide bonds. The maximum absolute atomic E-state index is 9.79. The van der Waals surface area contributed by atoms with Crippen molar-refractivity contribution in [2.45, 2.75) is 76.5 Å². The number of aliphatic hydroxyl groups is 1. The van der Waals surface area contributed by atoms with Gasteiger partial charge in [-0.2, -0.15) is 0 Å². The monoisotopic (exact) mass is 211 g/mol. The summed E-state index contributed by atoms with van der Waals surface area (Å²) >= 11 is 0. The van der Waals surface area contributed by atoms with E-state index in [1.165, 1.54) is 38.5 Å². The van der Waals surface area contributed by atoms with Crippen LogP contribution in [-0.4, -0.2) is 34.2 Å². The Morgan fingerprint density at radius 3 is 2.13 bits per heavy atom. The molecule has 0 bridgehead atoms.